The number of benzene rings is 1. The summed E-state index contributed by atoms with van der Waals surface area (Å²) in [6.07, 6.45) is 6.76. The fourth-order valence-corrected chi connectivity index (χ4v) is 4.76. The van der Waals surface area contributed by atoms with Gasteiger partial charge in [-0.2, -0.15) is 0 Å². The molecule has 4 heterocycles. The molecule has 7 heteroatoms. The van der Waals surface area contributed by atoms with Crippen molar-refractivity contribution >= 4 is 12.0 Å². The molecule has 1 aromatic heterocycles. The van der Waals surface area contributed by atoms with Crippen LogP contribution in [0.2, 0.25) is 0 Å². The van der Waals surface area contributed by atoms with Gasteiger partial charge >= 0.3 is 6.03 Å². The Morgan fingerprint density at radius 3 is 2.77 bits per heavy atom. The molecule has 0 spiro atoms. The number of hydrogen-bond donors (Lipinski definition) is 1. The molecular formula is C23H29N5O2. The van der Waals surface area contributed by atoms with Crippen molar-refractivity contribution in [3.63, 3.8) is 0 Å². The maximum atomic E-state index is 13.4. The molecule has 0 bridgehead atoms. The Bertz CT molecular complexity index is 884. The van der Waals surface area contributed by atoms with Crippen LogP contribution in [-0.2, 0) is 17.7 Å². The van der Waals surface area contributed by atoms with Crippen LogP contribution in [0.15, 0.2) is 36.5 Å². The molecule has 2 amide bonds. The molecule has 1 aromatic carbocycles. The van der Waals surface area contributed by atoms with E-state index in [2.05, 4.69) is 34.6 Å². The number of nitrogens with zero attached hydrogens (tertiary/aromatic N) is 4. The van der Waals surface area contributed by atoms with Gasteiger partial charge in [-0.05, 0) is 43.2 Å². The van der Waals surface area contributed by atoms with Crippen LogP contribution >= 0.6 is 0 Å². The minimum atomic E-state index is 0.129. The van der Waals surface area contributed by atoms with Gasteiger partial charge in [0.05, 0.1) is 18.3 Å². The Morgan fingerprint density at radius 1 is 1.10 bits per heavy atom. The van der Waals surface area contributed by atoms with Crippen molar-refractivity contribution < 1.29 is 9.53 Å². The van der Waals surface area contributed by atoms with Crippen LogP contribution in [0.25, 0.3) is 0 Å². The topological polar surface area (TPSA) is 70.6 Å². The number of hydrogen-bond acceptors (Lipinski definition) is 5. The molecule has 2 saturated heterocycles. The predicted octanol–water partition coefficient (Wildman–Crippen LogP) is 3.38. The molecule has 1 atom stereocenters. The first-order valence-electron chi connectivity index (χ1n) is 11.1. The van der Waals surface area contributed by atoms with E-state index in [1.165, 1.54) is 5.56 Å². The van der Waals surface area contributed by atoms with Gasteiger partial charge in [0.2, 0.25) is 5.95 Å². The average molecular weight is 408 g/mol. The third kappa shape index (κ3) is 3.99. The Balaban J connectivity index is 1.28. The highest BCUT2D eigenvalue weighted by Gasteiger charge is 2.34. The number of urea groups is 1. The highest BCUT2D eigenvalue weighted by Crippen LogP contribution is 2.33. The van der Waals surface area contributed by atoms with Crippen molar-refractivity contribution in [2.75, 3.05) is 31.6 Å². The Morgan fingerprint density at radius 2 is 1.93 bits per heavy atom. The first-order valence-corrected chi connectivity index (χ1v) is 11.1. The number of aromatic nitrogens is 2. The van der Waals surface area contributed by atoms with Gasteiger partial charge in [0, 0.05) is 38.5 Å². The van der Waals surface area contributed by atoms with Gasteiger partial charge in [-0.3, -0.25) is 0 Å². The first-order chi connectivity index (χ1) is 14.8. The number of fused-ring (bicyclic) bond motifs is 1. The molecule has 3 aliphatic heterocycles. The molecule has 0 radical (unpaired) electrons. The van der Waals surface area contributed by atoms with E-state index in [9.17, 15) is 4.79 Å². The summed E-state index contributed by atoms with van der Waals surface area (Å²) in [7, 11) is 0. The molecule has 7 nitrogen and oxygen atoms in total. The maximum absolute atomic E-state index is 13.4. The highest BCUT2D eigenvalue weighted by molar-refractivity contribution is 5.75. The summed E-state index contributed by atoms with van der Waals surface area (Å²) in [5.41, 5.74) is 3.35. The molecule has 3 aliphatic rings. The van der Waals surface area contributed by atoms with E-state index in [1.54, 1.807) is 0 Å². The van der Waals surface area contributed by atoms with Crippen molar-refractivity contribution in [3.05, 3.63) is 53.3 Å². The Hall–Kier alpha value is -2.67. The third-order valence-electron chi connectivity index (χ3n) is 6.45. The second kappa shape index (κ2) is 8.60. The Kier molecular flexibility index (Phi) is 5.53. The van der Waals surface area contributed by atoms with Gasteiger partial charge in [-0.1, -0.05) is 30.3 Å². The fraction of sp³-hybridized carbons (Fsp3) is 0.522. The van der Waals surface area contributed by atoms with Gasteiger partial charge in [-0.25, -0.2) is 14.8 Å². The quantitative estimate of drug-likeness (QED) is 0.845. The zero-order valence-corrected chi connectivity index (χ0v) is 17.3. The summed E-state index contributed by atoms with van der Waals surface area (Å²) in [6, 6.07) is 11.1. The van der Waals surface area contributed by atoms with E-state index < -0.39 is 0 Å². The minimum Gasteiger partial charge on any atom is -0.381 e. The average Bonchev–Trinajstić information content (AvgIpc) is 3.29. The molecule has 30 heavy (non-hydrogen) atoms. The van der Waals surface area contributed by atoms with Crippen LogP contribution in [0.3, 0.4) is 0 Å². The summed E-state index contributed by atoms with van der Waals surface area (Å²) in [4.78, 5) is 26.6. The van der Waals surface area contributed by atoms with E-state index >= 15 is 0 Å². The van der Waals surface area contributed by atoms with Gasteiger partial charge in [0.1, 0.15) is 0 Å². The molecule has 1 N–H and O–H groups in total. The summed E-state index contributed by atoms with van der Waals surface area (Å²) >= 11 is 0. The van der Waals surface area contributed by atoms with E-state index in [1.807, 2.05) is 22.1 Å². The number of carbonyl (C=O) groups is 1. The van der Waals surface area contributed by atoms with Crippen molar-refractivity contribution in [2.45, 2.75) is 50.7 Å². The molecule has 2 aromatic rings. The molecule has 5 rings (SSSR count). The van der Waals surface area contributed by atoms with Crippen molar-refractivity contribution in [1.29, 1.82) is 0 Å². The van der Waals surface area contributed by atoms with Crippen LogP contribution in [0.1, 0.15) is 48.5 Å². The van der Waals surface area contributed by atoms with Gasteiger partial charge in [0.15, 0.2) is 0 Å². The zero-order chi connectivity index (χ0) is 20.3. The second-order valence-electron chi connectivity index (χ2n) is 8.41. The smallest absolute Gasteiger partial charge is 0.320 e. The normalized spacial score (nSPS) is 22.1. The third-order valence-corrected chi connectivity index (χ3v) is 6.45. The van der Waals surface area contributed by atoms with Crippen molar-refractivity contribution in [1.82, 2.24) is 19.8 Å². The predicted molar refractivity (Wildman–Crippen MR) is 114 cm³/mol. The maximum Gasteiger partial charge on any atom is 0.320 e. The summed E-state index contributed by atoms with van der Waals surface area (Å²) in [6.45, 7) is 3.66. The lowest BCUT2D eigenvalue weighted by molar-refractivity contribution is 0.0903. The number of likely N-dealkylation sites (tertiary alicyclic amines) is 1. The van der Waals surface area contributed by atoms with E-state index in [0.717, 1.165) is 69.7 Å². The lowest BCUT2D eigenvalue weighted by Gasteiger charge is -2.34. The molecular weight excluding hydrogens is 378 g/mol. The van der Waals surface area contributed by atoms with Gasteiger partial charge in [-0.15, -0.1) is 0 Å². The number of ether oxygens (including phenoxy) is 1. The Labute approximate surface area is 177 Å². The highest BCUT2D eigenvalue weighted by atomic mass is 16.5. The van der Waals surface area contributed by atoms with E-state index in [0.29, 0.717) is 18.5 Å². The molecule has 1 unspecified atom stereocenters. The second-order valence-corrected chi connectivity index (χ2v) is 8.41. The monoisotopic (exact) mass is 407 g/mol. The van der Waals surface area contributed by atoms with Crippen LogP contribution in [-0.4, -0.2) is 58.1 Å². The summed E-state index contributed by atoms with van der Waals surface area (Å²) < 4.78 is 5.43. The molecule has 2 fully saturated rings. The van der Waals surface area contributed by atoms with Crippen LogP contribution in [0, 0.1) is 0 Å². The van der Waals surface area contributed by atoms with Crippen molar-refractivity contribution in [3.8, 4) is 0 Å². The molecule has 158 valence electrons. The fourth-order valence-electron chi connectivity index (χ4n) is 4.76. The van der Waals surface area contributed by atoms with Gasteiger partial charge < -0.3 is 19.9 Å². The van der Waals surface area contributed by atoms with E-state index in [4.69, 9.17) is 9.72 Å². The standard InChI is InChI=1S/C23H29N5O2/c29-23(28-11-4-7-21(28)17-5-2-1-3-6-17)27-12-8-18-15-24-22(26-20(18)16-27)25-19-9-13-30-14-10-19/h1-3,5-6,15,19,21H,4,7-14,16H2,(H,24,25,26). The number of carbonyl (C=O) groups excluding carboxylic acids is 1. The number of nitrogens with one attached hydrogen (secondary N) is 1. The first kappa shape index (κ1) is 19.3. The number of amides is 2. The molecule has 0 aliphatic carbocycles. The van der Waals surface area contributed by atoms with Crippen LogP contribution in [0.5, 0.6) is 0 Å². The lowest BCUT2D eigenvalue weighted by atomic mass is 10.0. The minimum absolute atomic E-state index is 0.129. The lowest BCUT2D eigenvalue weighted by Crippen LogP contribution is -2.45. The SMILES string of the molecule is O=C(N1CCc2cnc(NC3CCOCC3)nc2C1)N1CCCC1c1ccccc1. The number of anilines is 1. The van der Waals surface area contributed by atoms with Crippen LogP contribution < -0.4 is 5.32 Å². The van der Waals surface area contributed by atoms with Gasteiger partial charge in [0.25, 0.3) is 0 Å². The molecule has 0 saturated carbocycles. The zero-order valence-electron chi connectivity index (χ0n) is 17.3. The number of rotatable bonds is 3. The van der Waals surface area contributed by atoms with Crippen molar-refractivity contribution in [2.24, 2.45) is 0 Å². The van der Waals surface area contributed by atoms with E-state index in [-0.39, 0.29) is 12.1 Å². The largest absolute Gasteiger partial charge is 0.381 e. The summed E-state index contributed by atoms with van der Waals surface area (Å²) in [5.74, 6) is 0.665. The summed E-state index contributed by atoms with van der Waals surface area (Å²) in [5, 5.41) is 3.44. The van der Waals surface area contributed by atoms with Crippen LogP contribution in [0.4, 0.5) is 10.7 Å².